The highest BCUT2D eigenvalue weighted by Crippen LogP contribution is 2.36. The van der Waals surface area contributed by atoms with E-state index in [-0.39, 0.29) is 5.91 Å². The lowest BCUT2D eigenvalue weighted by Crippen LogP contribution is -2.13. The Morgan fingerprint density at radius 1 is 1.26 bits per heavy atom. The first-order valence-corrected chi connectivity index (χ1v) is 10.2. The number of nitrogens with zero attached hydrogens (tertiary/aromatic N) is 1. The molecule has 0 saturated carbocycles. The van der Waals surface area contributed by atoms with Crippen molar-refractivity contribution in [3.05, 3.63) is 63.6 Å². The number of aromatic nitrogens is 1. The zero-order valence-electron chi connectivity index (χ0n) is 16.1. The van der Waals surface area contributed by atoms with Crippen LogP contribution in [0, 0.1) is 6.92 Å². The van der Waals surface area contributed by atoms with Gasteiger partial charge < -0.3 is 15.0 Å². The molecule has 3 aromatic rings. The number of nitrogens with two attached hydrogens (primary N) is 1. The molecule has 0 spiro atoms. The van der Waals surface area contributed by atoms with Gasteiger partial charge in [0.05, 0.1) is 19.2 Å². The highest BCUT2D eigenvalue weighted by molar-refractivity contribution is 7.08. The molecule has 5 heteroatoms. The van der Waals surface area contributed by atoms with Gasteiger partial charge >= 0.3 is 0 Å². The summed E-state index contributed by atoms with van der Waals surface area (Å²) in [6.07, 6.45) is 3.06. The van der Waals surface area contributed by atoms with Gasteiger partial charge in [0.15, 0.2) is 0 Å². The summed E-state index contributed by atoms with van der Waals surface area (Å²) in [5.41, 5.74) is 11.7. The van der Waals surface area contributed by atoms with Crippen LogP contribution in [-0.2, 0) is 13.0 Å². The molecule has 0 aliphatic heterocycles. The second-order valence-corrected chi connectivity index (χ2v) is 7.44. The summed E-state index contributed by atoms with van der Waals surface area (Å²) >= 11 is 1.63. The summed E-state index contributed by atoms with van der Waals surface area (Å²) in [7, 11) is 1.69. The first-order chi connectivity index (χ1) is 13.1. The fraction of sp³-hybridized carbons (Fsp3) is 0.318. The molecule has 1 aromatic carbocycles. The number of primary amides is 1. The van der Waals surface area contributed by atoms with Crippen molar-refractivity contribution in [3.63, 3.8) is 0 Å². The molecule has 0 fully saturated rings. The van der Waals surface area contributed by atoms with E-state index >= 15 is 0 Å². The summed E-state index contributed by atoms with van der Waals surface area (Å²) in [6.45, 7) is 4.82. The van der Waals surface area contributed by atoms with Crippen LogP contribution < -0.4 is 10.5 Å². The van der Waals surface area contributed by atoms with Crippen molar-refractivity contribution in [2.45, 2.75) is 39.7 Å². The van der Waals surface area contributed by atoms with Crippen LogP contribution in [0.25, 0.3) is 11.1 Å². The molecule has 142 valence electrons. The number of hydrogen-bond donors (Lipinski definition) is 1. The third-order valence-electron chi connectivity index (χ3n) is 4.98. The van der Waals surface area contributed by atoms with Crippen LogP contribution in [0.1, 0.15) is 47.1 Å². The Morgan fingerprint density at radius 2 is 2.04 bits per heavy atom. The topological polar surface area (TPSA) is 57.2 Å². The summed E-state index contributed by atoms with van der Waals surface area (Å²) < 4.78 is 7.77. The maximum Gasteiger partial charge on any atom is 0.251 e. The Kier molecular flexibility index (Phi) is 6.01. The molecule has 0 unspecified atom stereocenters. The van der Waals surface area contributed by atoms with E-state index in [1.165, 1.54) is 5.69 Å². The standard InChI is InChI=1S/C22H26N2O2S/c1-4-5-9-18-21(17-11-12-27-14-17)20(22(23)25)15(2)24(18)13-16-8-6-7-10-19(16)26-3/h6-8,10-12,14H,4-5,9,13H2,1-3H3,(H2,23,25). The van der Waals surface area contributed by atoms with E-state index in [2.05, 4.69) is 29.0 Å². The average Bonchev–Trinajstić information content (AvgIpc) is 3.28. The molecule has 0 aliphatic rings. The quantitative estimate of drug-likeness (QED) is 0.594. The number of ether oxygens (including phenoxy) is 1. The number of thiophene rings is 1. The van der Waals surface area contributed by atoms with Crippen LogP contribution in [0.3, 0.4) is 0 Å². The lowest BCUT2D eigenvalue weighted by Gasteiger charge is -2.15. The number of amides is 1. The van der Waals surface area contributed by atoms with Crippen molar-refractivity contribution in [1.29, 1.82) is 0 Å². The summed E-state index contributed by atoms with van der Waals surface area (Å²) in [5.74, 6) is 0.481. The summed E-state index contributed by atoms with van der Waals surface area (Å²) in [4.78, 5) is 12.3. The van der Waals surface area contributed by atoms with Crippen LogP contribution in [0.15, 0.2) is 41.1 Å². The van der Waals surface area contributed by atoms with E-state index in [9.17, 15) is 4.79 Å². The lowest BCUT2D eigenvalue weighted by atomic mass is 10.00. The second kappa shape index (κ2) is 8.44. The van der Waals surface area contributed by atoms with Crippen LogP contribution in [-0.4, -0.2) is 17.6 Å². The van der Waals surface area contributed by atoms with E-state index in [0.717, 1.165) is 47.4 Å². The lowest BCUT2D eigenvalue weighted by molar-refractivity contribution is 0.1000. The van der Waals surface area contributed by atoms with Crippen LogP contribution >= 0.6 is 11.3 Å². The Bertz CT molecular complexity index is 926. The Labute approximate surface area is 164 Å². The predicted octanol–water partition coefficient (Wildman–Crippen LogP) is 5.02. The van der Waals surface area contributed by atoms with E-state index in [4.69, 9.17) is 10.5 Å². The monoisotopic (exact) mass is 382 g/mol. The molecular formula is C22H26N2O2S. The number of para-hydroxylation sites is 1. The van der Waals surface area contributed by atoms with Gasteiger partial charge in [-0.2, -0.15) is 11.3 Å². The molecule has 0 bridgehead atoms. The predicted molar refractivity (Wildman–Crippen MR) is 112 cm³/mol. The molecule has 0 saturated heterocycles. The normalized spacial score (nSPS) is 10.9. The van der Waals surface area contributed by atoms with Gasteiger partial charge in [0.1, 0.15) is 5.75 Å². The van der Waals surface area contributed by atoms with Crippen LogP contribution in [0.2, 0.25) is 0 Å². The fourth-order valence-electron chi connectivity index (χ4n) is 3.64. The molecule has 0 aliphatic carbocycles. The summed E-state index contributed by atoms with van der Waals surface area (Å²) in [5, 5.41) is 4.13. The third-order valence-corrected chi connectivity index (χ3v) is 5.66. The van der Waals surface area contributed by atoms with Gasteiger partial charge in [0.2, 0.25) is 0 Å². The molecule has 2 N–H and O–H groups in total. The minimum absolute atomic E-state index is 0.370. The number of rotatable bonds is 8. The van der Waals surface area contributed by atoms with Gasteiger partial charge in [-0.25, -0.2) is 0 Å². The molecule has 27 heavy (non-hydrogen) atoms. The summed E-state index contributed by atoms with van der Waals surface area (Å²) in [6, 6.07) is 10.1. The van der Waals surface area contributed by atoms with Crippen molar-refractivity contribution in [2.75, 3.05) is 7.11 Å². The van der Waals surface area contributed by atoms with Crippen LogP contribution in [0.5, 0.6) is 5.75 Å². The molecule has 2 heterocycles. The molecule has 4 nitrogen and oxygen atoms in total. The minimum Gasteiger partial charge on any atom is -0.496 e. The van der Waals surface area contributed by atoms with E-state index < -0.39 is 0 Å². The van der Waals surface area contributed by atoms with Crippen molar-refractivity contribution in [3.8, 4) is 16.9 Å². The smallest absolute Gasteiger partial charge is 0.251 e. The molecule has 1 amide bonds. The molecular weight excluding hydrogens is 356 g/mol. The Balaban J connectivity index is 2.20. The zero-order chi connectivity index (χ0) is 19.4. The first-order valence-electron chi connectivity index (χ1n) is 9.24. The minimum atomic E-state index is -0.370. The number of unbranched alkanes of at least 4 members (excludes halogenated alkanes) is 1. The van der Waals surface area contributed by atoms with Gasteiger partial charge in [-0.3, -0.25) is 4.79 Å². The molecule has 0 radical (unpaired) electrons. The third kappa shape index (κ3) is 3.78. The fourth-order valence-corrected chi connectivity index (χ4v) is 4.29. The van der Waals surface area contributed by atoms with Crippen molar-refractivity contribution in [1.82, 2.24) is 4.57 Å². The van der Waals surface area contributed by atoms with E-state index in [1.54, 1.807) is 18.4 Å². The average molecular weight is 383 g/mol. The number of methoxy groups -OCH3 is 1. The number of hydrogen-bond acceptors (Lipinski definition) is 3. The van der Waals surface area contributed by atoms with E-state index in [0.29, 0.717) is 12.1 Å². The van der Waals surface area contributed by atoms with Gasteiger partial charge in [-0.1, -0.05) is 31.5 Å². The number of benzene rings is 1. The first kappa shape index (κ1) is 19.2. The number of carbonyl (C=O) groups is 1. The van der Waals surface area contributed by atoms with Crippen molar-refractivity contribution in [2.24, 2.45) is 5.73 Å². The molecule has 2 aromatic heterocycles. The van der Waals surface area contributed by atoms with Crippen molar-refractivity contribution >= 4 is 17.2 Å². The Morgan fingerprint density at radius 3 is 2.67 bits per heavy atom. The Hall–Kier alpha value is -2.53. The van der Waals surface area contributed by atoms with Crippen molar-refractivity contribution < 1.29 is 9.53 Å². The maximum absolute atomic E-state index is 12.3. The second-order valence-electron chi connectivity index (χ2n) is 6.66. The van der Waals surface area contributed by atoms with Gasteiger partial charge in [-0.05, 0) is 48.2 Å². The highest BCUT2D eigenvalue weighted by atomic mass is 32.1. The largest absolute Gasteiger partial charge is 0.496 e. The van der Waals surface area contributed by atoms with Crippen LogP contribution in [0.4, 0.5) is 0 Å². The molecule has 0 atom stereocenters. The number of carbonyl (C=O) groups excluding carboxylic acids is 1. The van der Waals surface area contributed by atoms with Gasteiger partial charge in [-0.15, -0.1) is 0 Å². The SMILES string of the molecule is CCCCc1c(-c2ccsc2)c(C(N)=O)c(C)n1Cc1ccccc1OC. The van der Waals surface area contributed by atoms with Gasteiger partial charge in [0, 0.05) is 22.5 Å². The van der Waals surface area contributed by atoms with Gasteiger partial charge in [0.25, 0.3) is 5.91 Å². The zero-order valence-corrected chi connectivity index (χ0v) is 16.9. The maximum atomic E-state index is 12.3. The van der Waals surface area contributed by atoms with E-state index in [1.807, 2.05) is 30.5 Å². The highest BCUT2D eigenvalue weighted by Gasteiger charge is 2.25. The molecule has 3 rings (SSSR count).